The van der Waals surface area contributed by atoms with Crippen LogP contribution in [-0.4, -0.2) is 6.61 Å². The van der Waals surface area contributed by atoms with E-state index in [0.29, 0.717) is 10.0 Å². The van der Waals surface area contributed by atoms with Crippen molar-refractivity contribution in [3.63, 3.8) is 0 Å². The van der Waals surface area contributed by atoms with E-state index in [-0.39, 0.29) is 6.04 Å². The van der Waals surface area contributed by atoms with Crippen LogP contribution in [0.3, 0.4) is 0 Å². The lowest BCUT2D eigenvalue weighted by Gasteiger charge is -2.22. The molecule has 1 aliphatic heterocycles. The minimum Gasteiger partial charge on any atom is -0.493 e. The molecular formula is C17H17Cl2NO. The van der Waals surface area contributed by atoms with Crippen molar-refractivity contribution in [3.05, 3.63) is 57.6 Å². The zero-order valence-corrected chi connectivity index (χ0v) is 13.3. The average molecular weight is 322 g/mol. The Morgan fingerprint density at radius 2 is 1.81 bits per heavy atom. The van der Waals surface area contributed by atoms with Crippen LogP contribution in [0.15, 0.2) is 36.4 Å². The summed E-state index contributed by atoms with van der Waals surface area (Å²) in [5.74, 6) is 0.982. The lowest BCUT2D eigenvalue weighted by Crippen LogP contribution is -2.11. The zero-order valence-electron chi connectivity index (χ0n) is 11.8. The van der Waals surface area contributed by atoms with Crippen molar-refractivity contribution in [2.24, 2.45) is 0 Å². The zero-order chi connectivity index (χ0) is 14.8. The molecule has 1 atom stereocenters. The Labute approximate surface area is 135 Å². The van der Waals surface area contributed by atoms with Crippen LogP contribution in [0.2, 0.25) is 10.0 Å². The first-order valence-corrected chi connectivity index (χ1v) is 7.85. The van der Waals surface area contributed by atoms with E-state index >= 15 is 0 Å². The molecule has 0 aromatic heterocycles. The summed E-state index contributed by atoms with van der Waals surface area (Å²) in [6.07, 6.45) is 1.98. The molecule has 3 rings (SSSR count). The van der Waals surface area contributed by atoms with Gasteiger partial charge in [-0.2, -0.15) is 0 Å². The van der Waals surface area contributed by atoms with Gasteiger partial charge in [0, 0.05) is 5.56 Å². The van der Waals surface area contributed by atoms with E-state index in [9.17, 15) is 0 Å². The van der Waals surface area contributed by atoms with Crippen molar-refractivity contribution in [2.75, 3.05) is 11.9 Å². The molecule has 21 heavy (non-hydrogen) atoms. The van der Waals surface area contributed by atoms with Crippen LogP contribution in [-0.2, 0) is 0 Å². The molecule has 1 heterocycles. The number of nitrogens with one attached hydrogen (secondary N) is 1. The molecule has 1 aliphatic rings. The number of anilines is 1. The second-order valence-corrected chi connectivity index (χ2v) is 6.09. The highest BCUT2D eigenvalue weighted by atomic mass is 35.5. The van der Waals surface area contributed by atoms with Crippen molar-refractivity contribution in [1.29, 1.82) is 0 Å². The molecule has 0 radical (unpaired) electrons. The van der Waals surface area contributed by atoms with Crippen molar-refractivity contribution in [2.45, 2.75) is 25.8 Å². The van der Waals surface area contributed by atoms with Gasteiger partial charge in [-0.1, -0.05) is 47.5 Å². The van der Waals surface area contributed by atoms with Crippen molar-refractivity contribution in [1.82, 2.24) is 0 Å². The van der Waals surface area contributed by atoms with Gasteiger partial charge in [0.25, 0.3) is 0 Å². The van der Waals surface area contributed by atoms with E-state index in [2.05, 4.69) is 30.4 Å². The van der Waals surface area contributed by atoms with Crippen LogP contribution in [0.25, 0.3) is 0 Å². The molecule has 0 aliphatic carbocycles. The molecule has 0 spiro atoms. The Morgan fingerprint density at radius 1 is 1.10 bits per heavy atom. The molecule has 1 unspecified atom stereocenters. The quantitative estimate of drug-likeness (QED) is 0.774. The molecule has 0 saturated heterocycles. The van der Waals surface area contributed by atoms with Gasteiger partial charge in [-0.25, -0.2) is 0 Å². The molecular weight excluding hydrogens is 305 g/mol. The maximum Gasteiger partial charge on any atom is 0.127 e. The summed E-state index contributed by atoms with van der Waals surface area (Å²) in [6, 6.07) is 11.9. The van der Waals surface area contributed by atoms with Gasteiger partial charge in [0.2, 0.25) is 0 Å². The van der Waals surface area contributed by atoms with Crippen LogP contribution in [0.5, 0.6) is 5.75 Å². The van der Waals surface area contributed by atoms with E-state index in [1.54, 1.807) is 0 Å². The summed E-state index contributed by atoms with van der Waals surface area (Å²) in [5, 5.41) is 4.78. The van der Waals surface area contributed by atoms with Crippen LogP contribution >= 0.6 is 23.2 Å². The highest BCUT2D eigenvalue weighted by Crippen LogP contribution is 2.39. The summed E-state index contributed by atoms with van der Waals surface area (Å²) < 4.78 is 5.90. The van der Waals surface area contributed by atoms with E-state index in [1.807, 2.05) is 18.2 Å². The lowest BCUT2D eigenvalue weighted by atomic mass is 9.99. The fraction of sp³-hybridized carbons (Fsp3) is 0.294. The first kappa shape index (κ1) is 14.6. The average Bonchev–Trinajstić information content (AvgIpc) is 2.67. The second-order valence-electron chi connectivity index (χ2n) is 5.28. The monoisotopic (exact) mass is 321 g/mol. The van der Waals surface area contributed by atoms with E-state index in [1.165, 1.54) is 5.56 Å². The van der Waals surface area contributed by atoms with Gasteiger partial charge >= 0.3 is 0 Å². The summed E-state index contributed by atoms with van der Waals surface area (Å²) in [6.45, 7) is 2.82. The Kier molecular flexibility index (Phi) is 4.27. The largest absolute Gasteiger partial charge is 0.493 e. The molecule has 110 valence electrons. The van der Waals surface area contributed by atoms with E-state index < -0.39 is 0 Å². The number of halogens is 2. The summed E-state index contributed by atoms with van der Waals surface area (Å²) in [4.78, 5) is 0. The predicted octanol–water partition coefficient (Wildman–Crippen LogP) is 5.63. The smallest absolute Gasteiger partial charge is 0.127 e. The summed E-state index contributed by atoms with van der Waals surface area (Å²) >= 11 is 12.5. The predicted molar refractivity (Wildman–Crippen MR) is 88.7 cm³/mol. The molecule has 0 amide bonds. The van der Waals surface area contributed by atoms with E-state index in [4.69, 9.17) is 27.9 Å². The number of hydrogen-bond acceptors (Lipinski definition) is 2. The summed E-state index contributed by atoms with van der Waals surface area (Å²) in [7, 11) is 0. The van der Waals surface area contributed by atoms with Gasteiger partial charge in [-0.05, 0) is 37.5 Å². The number of ether oxygens (including phenoxy) is 1. The first-order valence-electron chi connectivity index (χ1n) is 7.09. The van der Waals surface area contributed by atoms with Gasteiger partial charge < -0.3 is 10.1 Å². The maximum atomic E-state index is 6.27. The van der Waals surface area contributed by atoms with Crippen molar-refractivity contribution in [3.8, 4) is 5.75 Å². The number of hydrogen-bond donors (Lipinski definition) is 1. The lowest BCUT2D eigenvalue weighted by molar-refractivity contribution is 0.314. The first-order chi connectivity index (χ1) is 10.2. The second kappa shape index (κ2) is 6.17. The summed E-state index contributed by atoms with van der Waals surface area (Å²) in [5.41, 5.74) is 3.12. The fourth-order valence-electron chi connectivity index (χ4n) is 2.72. The van der Waals surface area contributed by atoms with Crippen molar-refractivity contribution < 1.29 is 4.74 Å². The Balaban J connectivity index is 1.98. The maximum absolute atomic E-state index is 6.27. The minimum absolute atomic E-state index is 0.153. The third kappa shape index (κ3) is 2.97. The van der Waals surface area contributed by atoms with Crippen LogP contribution in [0, 0.1) is 6.92 Å². The molecule has 0 saturated carbocycles. The van der Waals surface area contributed by atoms with Gasteiger partial charge in [0.15, 0.2) is 0 Å². The van der Waals surface area contributed by atoms with Gasteiger partial charge in [0.1, 0.15) is 5.75 Å². The molecule has 2 nitrogen and oxygen atoms in total. The fourth-order valence-corrected chi connectivity index (χ4v) is 3.23. The topological polar surface area (TPSA) is 21.3 Å². The van der Waals surface area contributed by atoms with Crippen molar-refractivity contribution >= 4 is 28.9 Å². The van der Waals surface area contributed by atoms with Crippen LogP contribution < -0.4 is 10.1 Å². The SMILES string of the molecule is Cc1cccc2c1OCCCC2Nc1c(Cl)cccc1Cl. The molecule has 0 fully saturated rings. The normalized spacial score (nSPS) is 17.6. The number of rotatable bonds is 2. The van der Waals surface area contributed by atoms with Crippen LogP contribution in [0.4, 0.5) is 5.69 Å². The number of fused-ring (bicyclic) bond motifs is 1. The molecule has 2 aromatic rings. The van der Waals surface area contributed by atoms with Gasteiger partial charge in [-0.3, -0.25) is 0 Å². The number of benzene rings is 2. The Hall–Kier alpha value is -1.38. The third-order valence-electron chi connectivity index (χ3n) is 3.78. The number of para-hydroxylation sites is 2. The van der Waals surface area contributed by atoms with Gasteiger partial charge in [-0.15, -0.1) is 0 Å². The Bertz CT molecular complexity index is 637. The van der Waals surface area contributed by atoms with Crippen LogP contribution in [0.1, 0.15) is 30.0 Å². The number of aryl methyl sites for hydroxylation is 1. The molecule has 2 aromatic carbocycles. The third-order valence-corrected chi connectivity index (χ3v) is 4.41. The highest BCUT2D eigenvalue weighted by molar-refractivity contribution is 6.39. The highest BCUT2D eigenvalue weighted by Gasteiger charge is 2.22. The van der Waals surface area contributed by atoms with Gasteiger partial charge in [0.05, 0.1) is 28.4 Å². The molecule has 0 bridgehead atoms. The molecule has 1 N–H and O–H groups in total. The Morgan fingerprint density at radius 3 is 2.57 bits per heavy atom. The standard InChI is InChI=1S/C17H17Cl2NO/c1-11-5-2-6-12-15(9-4-10-21-17(11)12)20-16-13(18)7-3-8-14(16)19/h2-3,5-8,15,20H,4,9-10H2,1H3. The van der Waals surface area contributed by atoms with E-state index in [0.717, 1.165) is 36.4 Å². The minimum atomic E-state index is 0.153. The molecule has 4 heteroatoms.